The molecule has 0 atom stereocenters. The number of hydrogen-bond donors (Lipinski definition) is 1. The number of likely N-dealkylation sites (N-methyl/N-ethyl adjacent to an activating group) is 1. The maximum atomic E-state index is 13.5. The van der Waals surface area contributed by atoms with Gasteiger partial charge in [-0.05, 0) is 39.0 Å². The number of carbonyl (C=O) groups excluding carboxylic acids is 1. The molecule has 0 saturated heterocycles. The molecule has 3 nitrogen and oxygen atoms in total. The molecule has 0 spiro atoms. The third-order valence-corrected chi connectivity index (χ3v) is 2.41. The number of benzene rings is 1. The first-order valence-corrected chi connectivity index (χ1v) is 5.71. The first kappa shape index (κ1) is 14.6. The Bertz CT molecular complexity index is 441. The predicted octanol–water partition coefficient (Wildman–Crippen LogP) is 2.20. The van der Waals surface area contributed by atoms with Crippen LogP contribution in [0.3, 0.4) is 0 Å². The highest BCUT2D eigenvalue weighted by atomic mass is 19.1. The smallest absolute Gasteiger partial charge is 0.257 e. The zero-order chi connectivity index (χ0) is 13.9. The van der Waals surface area contributed by atoms with Crippen LogP contribution in [-0.2, 0) is 0 Å². The van der Waals surface area contributed by atoms with Crippen LogP contribution in [-0.4, -0.2) is 34.6 Å². The van der Waals surface area contributed by atoms with Crippen molar-refractivity contribution in [2.75, 3.05) is 13.1 Å². The Balaban J connectivity index is 3.00. The van der Waals surface area contributed by atoms with Crippen molar-refractivity contribution in [3.8, 4) is 0 Å². The van der Waals surface area contributed by atoms with E-state index in [1.165, 1.54) is 4.90 Å². The molecule has 1 amide bonds. The molecule has 5 heteroatoms. The summed E-state index contributed by atoms with van der Waals surface area (Å²) < 4.78 is 26.5. The van der Waals surface area contributed by atoms with Crippen LogP contribution in [0.4, 0.5) is 8.78 Å². The lowest BCUT2D eigenvalue weighted by molar-refractivity contribution is 0.0312. The fourth-order valence-electron chi connectivity index (χ4n) is 1.63. The van der Waals surface area contributed by atoms with Crippen molar-refractivity contribution in [1.82, 2.24) is 4.90 Å². The third-order valence-electron chi connectivity index (χ3n) is 2.41. The van der Waals surface area contributed by atoms with Gasteiger partial charge in [-0.3, -0.25) is 4.79 Å². The molecule has 0 heterocycles. The van der Waals surface area contributed by atoms with Crippen LogP contribution in [0, 0.1) is 11.6 Å². The minimum Gasteiger partial charge on any atom is -0.389 e. The molecule has 0 aromatic heterocycles. The normalized spacial score (nSPS) is 11.4. The average molecular weight is 257 g/mol. The van der Waals surface area contributed by atoms with Gasteiger partial charge in [0, 0.05) is 13.1 Å². The minimum atomic E-state index is -1.09. The fraction of sp³-hybridized carbons (Fsp3) is 0.462. The summed E-state index contributed by atoms with van der Waals surface area (Å²) in [6.07, 6.45) is 0. The van der Waals surface area contributed by atoms with E-state index in [4.69, 9.17) is 0 Å². The lowest BCUT2D eigenvalue weighted by Gasteiger charge is -2.28. The third kappa shape index (κ3) is 3.77. The molecule has 100 valence electrons. The van der Waals surface area contributed by atoms with Crippen LogP contribution in [0.5, 0.6) is 0 Å². The van der Waals surface area contributed by atoms with Gasteiger partial charge in [-0.25, -0.2) is 8.78 Å². The number of amides is 1. The minimum absolute atomic E-state index is 0.0539. The maximum absolute atomic E-state index is 13.5. The van der Waals surface area contributed by atoms with Gasteiger partial charge in [0.05, 0.1) is 11.2 Å². The van der Waals surface area contributed by atoms with E-state index in [9.17, 15) is 18.7 Å². The Morgan fingerprint density at radius 2 is 2.00 bits per heavy atom. The van der Waals surface area contributed by atoms with Crippen molar-refractivity contribution in [2.45, 2.75) is 26.4 Å². The van der Waals surface area contributed by atoms with Crippen molar-refractivity contribution in [3.63, 3.8) is 0 Å². The number of aliphatic hydroxyl groups is 1. The van der Waals surface area contributed by atoms with Crippen LogP contribution in [0.1, 0.15) is 31.1 Å². The second-order valence-electron chi connectivity index (χ2n) is 4.76. The Labute approximate surface area is 105 Å². The van der Waals surface area contributed by atoms with Crippen LogP contribution in [0.25, 0.3) is 0 Å². The van der Waals surface area contributed by atoms with Gasteiger partial charge in [-0.1, -0.05) is 0 Å². The molecule has 1 rings (SSSR count). The lowest BCUT2D eigenvalue weighted by Crippen LogP contribution is -2.42. The highest BCUT2D eigenvalue weighted by molar-refractivity contribution is 5.94. The highest BCUT2D eigenvalue weighted by Gasteiger charge is 2.24. The summed E-state index contributed by atoms with van der Waals surface area (Å²) in [6, 6.07) is 2.74. The quantitative estimate of drug-likeness (QED) is 0.898. The van der Waals surface area contributed by atoms with Gasteiger partial charge in [0.2, 0.25) is 0 Å². The molecule has 1 aromatic rings. The summed E-state index contributed by atoms with van der Waals surface area (Å²) >= 11 is 0. The number of carbonyl (C=O) groups is 1. The molecule has 0 radical (unpaired) electrons. The van der Waals surface area contributed by atoms with E-state index in [1.54, 1.807) is 20.8 Å². The molecular formula is C13H17F2NO2. The molecule has 1 N–H and O–H groups in total. The van der Waals surface area contributed by atoms with E-state index in [0.29, 0.717) is 6.54 Å². The number of halogens is 2. The lowest BCUT2D eigenvalue weighted by atomic mass is 10.1. The van der Waals surface area contributed by atoms with Gasteiger partial charge >= 0.3 is 0 Å². The second kappa shape index (κ2) is 5.44. The van der Waals surface area contributed by atoms with Gasteiger partial charge in [-0.2, -0.15) is 0 Å². The number of hydrogen-bond acceptors (Lipinski definition) is 2. The SMILES string of the molecule is CCN(CC(C)(C)O)C(=O)c1cc(F)ccc1F. The molecule has 0 aliphatic rings. The van der Waals surface area contributed by atoms with E-state index >= 15 is 0 Å². The molecule has 0 fully saturated rings. The number of nitrogens with zero attached hydrogens (tertiary/aromatic N) is 1. The van der Waals surface area contributed by atoms with Crippen LogP contribution < -0.4 is 0 Å². The first-order chi connectivity index (χ1) is 8.24. The molecule has 18 heavy (non-hydrogen) atoms. The predicted molar refractivity (Wildman–Crippen MR) is 64.2 cm³/mol. The van der Waals surface area contributed by atoms with Gasteiger partial charge < -0.3 is 10.0 Å². The molecular weight excluding hydrogens is 240 g/mol. The van der Waals surface area contributed by atoms with E-state index in [-0.39, 0.29) is 12.1 Å². The molecule has 1 aromatic carbocycles. The summed E-state index contributed by atoms with van der Waals surface area (Å²) in [4.78, 5) is 13.3. The summed E-state index contributed by atoms with van der Waals surface area (Å²) in [5, 5.41) is 9.68. The summed E-state index contributed by atoms with van der Waals surface area (Å²) in [5.74, 6) is -2.06. The van der Waals surface area contributed by atoms with Crippen LogP contribution >= 0.6 is 0 Å². The second-order valence-corrected chi connectivity index (χ2v) is 4.76. The van der Waals surface area contributed by atoms with E-state index in [0.717, 1.165) is 18.2 Å². The highest BCUT2D eigenvalue weighted by Crippen LogP contribution is 2.14. The van der Waals surface area contributed by atoms with Crippen molar-refractivity contribution >= 4 is 5.91 Å². The molecule has 0 bridgehead atoms. The van der Waals surface area contributed by atoms with Gasteiger partial charge in [0.15, 0.2) is 0 Å². The number of rotatable bonds is 4. The monoisotopic (exact) mass is 257 g/mol. The summed E-state index contributed by atoms with van der Waals surface area (Å²) in [7, 11) is 0. The van der Waals surface area contributed by atoms with Crippen molar-refractivity contribution in [3.05, 3.63) is 35.4 Å². The van der Waals surface area contributed by atoms with Crippen LogP contribution in [0.15, 0.2) is 18.2 Å². The average Bonchev–Trinajstić information content (AvgIpc) is 2.27. The Kier molecular flexibility index (Phi) is 4.40. The molecule has 0 saturated carbocycles. The van der Waals surface area contributed by atoms with E-state index < -0.39 is 23.1 Å². The van der Waals surface area contributed by atoms with Crippen molar-refractivity contribution < 1.29 is 18.7 Å². The van der Waals surface area contributed by atoms with E-state index in [2.05, 4.69) is 0 Å². The van der Waals surface area contributed by atoms with Gasteiger partial charge in [0.1, 0.15) is 11.6 Å². The Morgan fingerprint density at radius 3 is 2.50 bits per heavy atom. The molecule has 0 aliphatic heterocycles. The summed E-state index contributed by atoms with van der Waals surface area (Å²) in [5.41, 5.74) is -1.41. The first-order valence-electron chi connectivity index (χ1n) is 5.71. The zero-order valence-corrected chi connectivity index (χ0v) is 10.7. The zero-order valence-electron chi connectivity index (χ0n) is 10.7. The Hall–Kier alpha value is -1.49. The molecule has 0 aliphatic carbocycles. The van der Waals surface area contributed by atoms with Gasteiger partial charge in [0.25, 0.3) is 5.91 Å². The Morgan fingerprint density at radius 1 is 1.39 bits per heavy atom. The van der Waals surface area contributed by atoms with Crippen LogP contribution in [0.2, 0.25) is 0 Å². The summed E-state index contributed by atoms with van der Waals surface area (Å²) in [6.45, 7) is 5.16. The molecule has 0 unspecified atom stereocenters. The maximum Gasteiger partial charge on any atom is 0.257 e. The standard InChI is InChI=1S/C13H17F2NO2/c1-4-16(8-13(2,3)18)12(17)10-7-9(14)5-6-11(10)15/h5-7,18H,4,8H2,1-3H3. The van der Waals surface area contributed by atoms with Crippen molar-refractivity contribution in [1.29, 1.82) is 0 Å². The topological polar surface area (TPSA) is 40.5 Å². The van der Waals surface area contributed by atoms with Crippen molar-refractivity contribution in [2.24, 2.45) is 0 Å². The van der Waals surface area contributed by atoms with E-state index in [1.807, 2.05) is 0 Å². The largest absolute Gasteiger partial charge is 0.389 e. The van der Waals surface area contributed by atoms with Gasteiger partial charge in [-0.15, -0.1) is 0 Å². The fourth-order valence-corrected chi connectivity index (χ4v) is 1.63.